The third-order valence-corrected chi connectivity index (χ3v) is 3.00. The Morgan fingerprint density at radius 3 is 2.32 bits per heavy atom. The summed E-state index contributed by atoms with van der Waals surface area (Å²) in [5.41, 5.74) is 6.28. The molecule has 0 bridgehead atoms. The molecule has 1 atom stereocenters. The average Bonchev–Trinajstić information content (AvgIpc) is 2.39. The summed E-state index contributed by atoms with van der Waals surface area (Å²) in [4.78, 5) is 23.6. The fourth-order valence-electron chi connectivity index (χ4n) is 1.92. The van der Waals surface area contributed by atoms with Crippen LogP contribution in [-0.2, 0) is 4.79 Å². The zero-order chi connectivity index (χ0) is 15.9. The molecule has 1 unspecified atom stereocenters. The lowest BCUT2D eigenvalue weighted by Gasteiger charge is -2.23. The molecule has 0 radical (unpaired) electrons. The summed E-state index contributed by atoms with van der Waals surface area (Å²) in [5.74, 6) is -0.237. The first-order chi connectivity index (χ1) is 9.89. The summed E-state index contributed by atoms with van der Waals surface area (Å²) >= 11 is 0. The van der Waals surface area contributed by atoms with Crippen LogP contribution in [0.15, 0.2) is 24.3 Å². The number of halogens is 1. The van der Waals surface area contributed by atoms with Crippen LogP contribution in [0.25, 0.3) is 0 Å². The number of amides is 3. The number of carbonyl (C=O) groups excluding carboxylic acids is 2. The Hall–Kier alpha value is -1.79. The largest absolute Gasteiger partial charge is 0.338 e. The van der Waals surface area contributed by atoms with E-state index in [9.17, 15) is 9.59 Å². The minimum atomic E-state index is -0.905. The molecule has 0 saturated carbocycles. The van der Waals surface area contributed by atoms with Crippen LogP contribution in [0.3, 0.4) is 0 Å². The van der Waals surface area contributed by atoms with E-state index in [1.165, 1.54) is 0 Å². The molecule has 1 aromatic rings. The number of anilines is 2. The van der Waals surface area contributed by atoms with E-state index in [0.717, 1.165) is 6.42 Å². The van der Waals surface area contributed by atoms with Crippen LogP contribution in [0.1, 0.15) is 33.6 Å². The molecule has 0 spiro atoms. The van der Waals surface area contributed by atoms with Crippen molar-refractivity contribution >= 4 is 35.7 Å². The highest BCUT2D eigenvalue weighted by atomic mass is 35.5. The first-order valence-electron chi connectivity index (χ1n) is 7.14. The topological polar surface area (TPSA) is 96.2 Å². The third-order valence-electron chi connectivity index (χ3n) is 3.00. The summed E-state index contributed by atoms with van der Waals surface area (Å²) in [6.07, 6.45) is 1.44. The van der Waals surface area contributed by atoms with Crippen molar-refractivity contribution in [1.82, 2.24) is 5.32 Å². The Bertz CT molecular complexity index is 506. The Balaban J connectivity index is 0.00000441. The number of benzene rings is 1. The molecule has 3 amide bonds. The molecule has 0 saturated heterocycles. The minimum Gasteiger partial charge on any atom is -0.338 e. The van der Waals surface area contributed by atoms with Crippen LogP contribution < -0.4 is 21.7 Å². The van der Waals surface area contributed by atoms with Gasteiger partial charge in [-0.3, -0.25) is 4.79 Å². The molecule has 5 N–H and O–H groups in total. The van der Waals surface area contributed by atoms with Gasteiger partial charge in [0.25, 0.3) is 0 Å². The normalized spacial score (nSPS) is 12.5. The van der Waals surface area contributed by atoms with Crippen molar-refractivity contribution in [3.05, 3.63) is 24.3 Å². The number of hydrogen-bond acceptors (Lipinski definition) is 3. The highest BCUT2D eigenvalue weighted by Gasteiger charge is 2.27. The quantitative estimate of drug-likeness (QED) is 0.646. The van der Waals surface area contributed by atoms with Crippen LogP contribution in [0, 0.1) is 0 Å². The Morgan fingerprint density at radius 1 is 1.18 bits per heavy atom. The summed E-state index contributed by atoms with van der Waals surface area (Å²) in [6, 6.07) is 6.66. The second kappa shape index (κ2) is 9.27. The Labute approximate surface area is 137 Å². The van der Waals surface area contributed by atoms with Crippen molar-refractivity contribution in [3.8, 4) is 0 Å². The van der Waals surface area contributed by atoms with Gasteiger partial charge >= 0.3 is 6.03 Å². The van der Waals surface area contributed by atoms with E-state index in [2.05, 4.69) is 16.0 Å². The van der Waals surface area contributed by atoms with Crippen LogP contribution in [0.4, 0.5) is 16.2 Å². The van der Waals surface area contributed by atoms with Crippen LogP contribution in [-0.4, -0.2) is 24.0 Å². The minimum absolute atomic E-state index is 0. The molecule has 22 heavy (non-hydrogen) atoms. The molecular weight excluding hydrogens is 304 g/mol. The van der Waals surface area contributed by atoms with Crippen LogP contribution in [0.5, 0.6) is 0 Å². The highest BCUT2D eigenvalue weighted by molar-refractivity contribution is 5.98. The van der Waals surface area contributed by atoms with E-state index in [1.807, 2.05) is 13.8 Å². The van der Waals surface area contributed by atoms with Gasteiger partial charge in [-0.05, 0) is 38.5 Å². The van der Waals surface area contributed by atoms with Gasteiger partial charge in [0.05, 0.1) is 5.54 Å². The van der Waals surface area contributed by atoms with E-state index in [-0.39, 0.29) is 24.3 Å². The van der Waals surface area contributed by atoms with Gasteiger partial charge in [-0.25, -0.2) is 4.79 Å². The van der Waals surface area contributed by atoms with Gasteiger partial charge in [-0.1, -0.05) is 19.4 Å². The van der Waals surface area contributed by atoms with Gasteiger partial charge in [-0.15, -0.1) is 12.4 Å². The zero-order valence-electron chi connectivity index (χ0n) is 13.2. The monoisotopic (exact) mass is 328 g/mol. The molecule has 1 aromatic carbocycles. The van der Waals surface area contributed by atoms with Gasteiger partial charge < -0.3 is 21.7 Å². The second-order valence-electron chi connectivity index (χ2n) is 5.19. The third kappa shape index (κ3) is 6.32. The van der Waals surface area contributed by atoms with Gasteiger partial charge in [0, 0.05) is 17.9 Å². The summed E-state index contributed by atoms with van der Waals surface area (Å²) in [6.45, 7) is 6.08. The van der Waals surface area contributed by atoms with Gasteiger partial charge in [0.15, 0.2) is 0 Å². The Morgan fingerprint density at radius 2 is 1.77 bits per heavy atom. The molecule has 7 heteroatoms. The molecule has 0 aliphatic rings. The molecule has 1 rings (SSSR count). The zero-order valence-corrected chi connectivity index (χ0v) is 14.0. The van der Waals surface area contributed by atoms with Crippen molar-refractivity contribution in [3.63, 3.8) is 0 Å². The van der Waals surface area contributed by atoms with Crippen molar-refractivity contribution < 1.29 is 9.59 Å². The summed E-state index contributed by atoms with van der Waals surface area (Å²) < 4.78 is 0. The number of hydrogen-bond donors (Lipinski definition) is 4. The lowest BCUT2D eigenvalue weighted by Crippen LogP contribution is -2.48. The second-order valence-corrected chi connectivity index (χ2v) is 5.19. The number of carbonyl (C=O) groups is 2. The SMILES string of the molecule is CCCC(C)(N)C(=O)Nc1cccc(NC(=O)NCC)c1.Cl. The molecular formula is C15H25ClN4O2. The van der Waals surface area contributed by atoms with Crippen molar-refractivity contribution in [1.29, 1.82) is 0 Å². The predicted octanol–water partition coefficient (Wildman–Crippen LogP) is 2.71. The predicted molar refractivity (Wildman–Crippen MR) is 92.5 cm³/mol. The van der Waals surface area contributed by atoms with Gasteiger partial charge in [0.1, 0.15) is 0 Å². The fourth-order valence-corrected chi connectivity index (χ4v) is 1.92. The van der Waals surface area contributed by atoms with E-state index >= 15 is 0 Å². The lowest BCUT2D eigenvalue weighted by atomic mass is 9.96. The number of urea groups is 1. The van der Waals surface area contributed by atoms with Crippen molar-refractivity contribution in [2.24, 2.45) is 5.73 Å². The molecule has 0 fully saturated rings. The van der Waals surface area contributed by atoms with E-state index in [1.54, 1.807) is 31.2 Å². The first-order valence-corrected chi connectivity index (χ1v) is 7.14. The van der Waals surface area contributed by atoms with Crippen LogP contribution >= 0.6 is 12.4 Å². The fraction of sp³-hybridized carbons (Fsp3) is 0.467. The number of nitrogens with one attached hydrogen (secondary N) is 3. The van der Waals surface area contributed by atoms with Crippen LogP contribution in [0.2, 0.25) is 0 Å². The number of nitrogens with two attached hydrogens (primary N) is 1. The Kier molecular flexibility index (Phi) is 8.52. The molecule has 0 aromatic heterocycles. The summed E-state index contributed by atoms with van der Waals surface area (Å²) in [5, 5.41) is 8.10. The number of rotatable bonds is 6. The smallest absolute Gasteiger partial charge is 0.319 e. The molecule has 6 nitrogen and oxygen atoms in total. The molecule has 0 aliphatic carbocycles. The lowest BCUT2D eigenvalue weighted by molar-refractivity contribution is -0.120. The van der Waals surface area contributed by atoms with E-state index in [4.69, 9.17) is 5.73 Å². The molecule has 0 heterocycles. The van der Waals surface area contributed by atoms with Gasteiger partial charge in [0.2, 0.25) is 5.91 Å². The van der Waals surface area contributed by atoms with Crippen molar-refractivity contribution in [2.45, 2.75) is 39.2 Å². The standard InChI is InChI=1S/C15H24N4O2.ClH/c1-4-9-15(3,16)13(20)18-11-7-6-8-12(10-11)19-14(21)17-5-2;/h6-8,10H,4-5,9,16H2,1-3H3,(H,18,20)(H2,17,19,21);1H. The maximum Gasteiger partial charge on any atom is 0.319 e. The highest BCUT2D eigenvalue weighted by Crippen LogP contribution is 2.17. The molecule has 124 valence electrons. The molecule has 0 aliphatic heterocycles. The average molecular weight is 329 g/mol. The maximum atomic E-state index is 12.1. The summed E-state index contributed by atoms with van der Waals surface area (Å²) in [7, 11) is 0. The van der Waals surface area contributed by atoms with Crippen molar-refractivity contribution in [2.75, 3.05) is 17.2 Å². The van der Waals surface area contributed by atoms with E-state index < -0.39 is 5.54 Å². The van der Waals surface area contributed by atoms with E-state index in [0.29, 0.717) is 24.3 Å². The first kappa shape index (κ1) is 20.2. The van der Waals surface area contributed by atoms with Gasteiger partial charge in [-0.2, -0.15) is 0 Å². The maximum absolute atomic E-state index is 12.1.